The lowest BCUT2D eigenvalue weighted by atomic mass is 9.93. The van der Waals surface area contributed by atoms with Gasteiger partial charge in [0.1, 0.15) is 0 Å². The number of amides is 2. The SMILES string of the molecule is O=C(NC1CCN(c2ncccn2)C1)c1cccc2c1CCN(C(=O)c1cc3ccc(Cl)cc3nn1)C2. The molecule has 4 aromatic rings. The predicted molar refractivity (Wildman–Crippen MR) is 140 cm³/mol. The number of halogens is 1. The first-order chi connectivity index (χ1) is 18.0. The van der Waals surface area contributed by atoms with Crippen molar-refractivity contribution in [3.8, 4) is 0 Å². The van der Waals surface area contributed by atoms with Gasteiger partial charge in [0.2, 0.25) is 5.95 Å². The highest BCUT2D eigenvalue weighted by Gasteiger charge is 2.29. The minimum atomic E-state index is -0.181. The van der Waals surface area contributed by atoms with Gasteiger partial charge in [-0.25, -0.2) is 9.97 Å². The van der Waals surface area contributed by atoms with Gasteiger partial charge in [-0.1, -0.05) is 29.8 Å². The summed E-state index contributed by atoms with van der Waals surface area (Å²) in [6.45, 7) is 2.38. The molecule has 1 unspecified atom stereocenters. The van der Waals surface area contributed by atoms with Crippen molar-refractivity contribution in [1.29, 1.82) is 0 Å². The average molecular weight is 514 g/mol. The van der Waals surface area contributed by atoms with Gasteiger partial charge in [-0.15, -0.1) is 10.2 Å². The summed E-state index contributed by atoms with van der Waals surface area (Å²) < 4.78 is 0. The minimum Gasteiger partial charge on any atom is -0.347 e. The second kappa shape index (κ2) is 9.74. The number of fused-ring (bicyclic) bond motifs is 2. The molecule has 1 N–H and O–H groups in total. The molecule has 1 fully saturated rings. The molecule has 2 aliphatic rings. The maximum absolute atomic E-state index is 13.2. The highest BCUT2D eigenvalue weighted by molar-refractivity contribution is 6.31. The Balaban J connectivity index is 1.14. The normalized spacial score (nSPS) is 17.1. The van der Waals surface area contributed by atoms with E-state index in [4.69, 9.17) is 11.6 Å². The maximum atomic E-state index is 13.2. The van der Waals surface area contributed by atoms with Crippen LogP contribution in [0.2, 0.25) is 5.02 Å². The largest absolute Gasteiger partial charge is 0.347 e. The molecule has 2 aromatic carbocycles. The second-order valence-electron chi connectivity index (χ2n) is 9.31. The number of aromatic nitrogens is 4. The topological polar surface area (TPSA) is 104 Å². The van der Waals surface area contributed by atoms with E-state index in [1.807, 2.05) is 24.3 Å². The van der Waals surface area contributed by atoms with E-state index in [1.165, 1.54) is 0 Å². The van der Waals surface area contributed by atoms with Crippen molar-refractivity contribution in [2.45, 2.75) is 25.4 Å². The quantitative estimate of drug-likeness (QED) is 0.446. The van der Waals surface area contributed by atoms with Crippen molar-refractivity contribution in [2.24, 2.45) is 0 Å². The molecular formula is C27H24ClN7O2. The maximum Gasteiger partial charge on any atom is 0.274 e. The Morgan fingerprint density at radius 3 is 2.73 bits per heavy atom. The second-order valence-corrected chi connectivity index (χ2v) is 9.74. The molecule has 6 rings (SSSR count). The Hall–Kier alpha value is -4.11. The first kappa shape index (κ1) is 23.3. The molecule has 9 nitrogen and oxygen atoms in total. The lowest BCUT2D eigenvalue weighted by Gasteiger charge is -2.30. The summed E-state index contributed by atoms with van der Waals surface area (Å²) in [7, 11) is 0. The number of anilines is 1. The van der Waals surface area contributed by atoms with E-state index in [0.29, 0.717) is 53.8 Å². The summed E-state index contributed by atoms with van der Waals surface area (Å²) in [5.41, 5.74) is 3.56. The molecule has 0 aliphatic carbocycles. The van der Waals surface area contributed by atoms with E-state index < -0.39 is 0 Å². The van der Waals surface area contributed by atoms with Crippen LogP contribution in [0.4, 0.5) is 5.95 Å². The third-order valence-corrected chi connectivity index (χ3v) is 7.16. The van der Waals surface area contributed by atoms with Crippen molar-refractivity contribution in [3.05, 3.63) is 88.3 Å². The number of hydrogen-bond donors (Lipinski definition) is 1. The number of carbonyl (C=O) groups is 2. The van der Waals surface area contributed by atoms with Crippen LogP contribution in [0, 0.1) is 0 Å². The van der Waals surface area contributed by atoms with Crippen LogP contribution in [0.1, 0.15) is 38.4 Å². The molecule has 1 atom stereocenters. The molecule has 2 amide bonds. The van der Waals surface area contributed by atoms with E-state index in [1.54, 1.807) is 41.6 Å². The molecule has 4 heterocycles. The fourth-order valence-electron chi connectivity index (χ4n) is 5.05. The van der Waals surface area contributed by atoms with Crippen molar-refractivity contribution in [3.63, 3.8) is 0 Å². The average Bonchev–Trinajstić information content (AvgIpc) is 3.40. The van der Waals surface area contributed by atoms with Gasteiger partial charge in [-0.05, 0) is 54.3 Å². The standard InChI is InChI=1S/C27H24ClN7O2/c28-19-6-5-17-13-24(33-32-23(17)14-19)26(37)34-12-8-21-18(15-34)3-1-4-22(21)25(36)31-20-7-11-35(16-20)27-29-9-2-10-30-27/h1-6,9-10,13-14,20H,7-8,11-12,15-16H2,(H,31,36). The monoisotopic (exact) mass is 513 g/mol. The number of nitrogens with one attached hydrogen (secondary N) is 1. The van der Waals surface area contributed by atoms with E-state index >= 15 is 0 Å². The third-order valence-electron chi connectivity index (χ3n) is 6.93. The Morgan fingerprint density at radius 1 is 1.00 bits per heavy atom. The van der Waals surface area contributed by atoms with Crippen LogP contribution in [0.3, 0.4) is 0 Å². The predicted octanol–water partition coefficient (Wildman–Crippen LogP) is 3.28. The first-order valence-corrected chi connectivity index (χ1v) is 12.6. The van der Waals surface area contributed by atoms with E-state index in [0.717, 1.165) is 29.5 Å². The lowest BCUT2D eigenvalue weighted by Crippen LogP contribution is -2.40. The van der Waals surface area contributed by atoms with Gasteiger partial charge in [-0.3, -0.25) is 9.59 Å². The van der Waals surface area contributed by atoms with E-state index in [2.05, 4.69) is 30.4 Å². The summed E-state index contributed by atoms with van der Waals surface area (Å²) in [6, 6.07) is 14.6. The fraction of sp³-hybridized carbons (Fsp3) is 0.259. The summed E-state index contributed by atoms with van der Waals surface area (Å²) in [5.74, 6) is 0.413. The highest BCUT2D eigenvalue weighted by atomic mass is 35.5. The summed E-state index contributed by atoms with van der Waals surface area (Å²) >= 11 is 6.03. The Kier molecular flexibility index (Phi) is 6.13. The zero-order valence-electron chi connectivity index (χ0n) is 20.0. The zero-order valence-corrected chi connectivity index (χ0v) is 20.7. The molecule has 2 aromatic heterocycles. The van der Waals surface area contributed by atoms with Gasteiger partial charge in [0.05, 0.1) is 5.52 Å². The van der Waals surface area contributed by atoms with Gasteiger partial charge in [0, 0.05) is 60.6 Å². The number of rotatable bonds is 4. The van der Waals surface area contributed by atoms with Crippen LogP contribution in [-0.4, -0.2) is 62.6 Å². The van der Waals surface area contributed by atoms with Crippen molar-refractivity contribution >= 4 is 40.3 Å². The molecule has 0 saturated carbocycles. The van der Waals surface area contributed by atoms with Crippen molar-refractivity contribution < 1.29 is 9.59 Å². The molecule has 1 saturated heterocycles. The molecule has 186 valence electrons. The first-order valence-electron chi connectivity index (χ1n) is 12.2. The molecule has 10 heteroatoms. The van der Waals surface area contributed by atoms with Gasteiger partial charge < -0.3 is 15.1 Å². The molecular weight excluding hydrogens is 490 g/mol. The Bertz CT molecular complexity index is 1500. The van der Waals surface area contributed by atoms with Crippen molar-refractivity contribution in [1.82, 2.24) is 30.4 Å². The van der Waals surface area contributed by atoms with E-state index in [-0.39, 0.29) is 17.9 Å². The van der Waals surface area contributed by atoms with Crippen LogP contribution < -0.4 is 10.2 Å². The third kappa shape index (κ3) is 4.70. The van der Waals surface area contributed by atoms with E-state index in [9.17, 15) is 9.59 Å². The molecule has 2 aliphatic heterocycles. The smallest absolute Gasteiger partial charge is 0.274 e. The fourth-order valence-corrected chi connectivity index (χ4v) is 5.22. The van der Waals surface area contributed by atoms with Crippen molar-refractivity contribution in [2.75, 3.05) is 24.5 Å². The molecule has 0 radical (unpaired) electrons. The zero-order chi connectivity index (χ0) is 25.4. The van der Waals surface area contributed by atoms with Crippen LogP contribution in [0.25, 0.3) is 10.9 Å². The van der Waals surface area contributed by atoms with Crippen LogP contribution >= 0.6 is 11.6 Å². The lowest BCUT2D eigenvalue weighted by molar-refractivity contribution is 0.0727. The van der Waals surface area contributed by atoms with Crippen LogP contribution in [0.15, 0.2) is 60.9 Å². The van der Waals surface area contributed by atoms with Gasteiger partial charge in [-0.2, -0.15) is 0 Å². The summed E-state index contributed by atoms with van der Waals surface area (Å²) in [6.07, 6.45) is 4.87. The molecule has 0 bridgehead atoms. The molecule has 0 spiro atoms. The van der Waals surface area contributed by atoms with Gasteiger partial charge >= 0.3 is 0 Å². The number of carbonyl (C=O) groups excluding carboxylic acids is 2. The number of nitrogens with zero attached hydrogens (tertiary/aromatic N) is 6. The Morgan fingerprint density at radius 2 is 1.86 bits per heavy atom. The highest BCUT2D eigenvalue weighted by Crippen LogP contribution is 2.25. The summed E-state index contributed by atoms with van der Waals surface area (Å²) in [5, 5.41) is 12.9. The Labute approximate surface area is 218 Å². The van der Waals surface area contributed by atoms with Gasteiger partial charge in [0.15, 0.2) is 5.69 Å². The number of hydrogen-bond acceptors (Lipinski definition) is 7. The summed E-state index contributed by atoms with van der Waals surface area (Å²) in [4.78, 5) is 38.9. The van der Waals surface area contributed by atoms with Crippen LogP contribution in [-0.2, 0) is 13.0 Å². The number of benzene rings is 2. The molecule has 37 heavy (non-hydrogen) atoms. The van der Waals surface area contributed by atoms with Crippen LogP contribution in [0.5, 0.6) is 0 Å². The minimum absolute atomic E-state index is 0.0233. The van der Waals surface area contributed by atoms with Gasteiger partial charge in [0.25, 0.3) is 11.8 Å².